The lowest BCUT2D eigenvalue weighted by Gasteiger charge is -2.21. The van der Waals surface area contributed by atoms with Gasteiger partial charge in [0.2, 0.25) is 0 Å². The third-order valence-corrected chi connectivity index (χ3v) is 3.45. The number of halogens is 2. The average molecular weight is 274 g/mol. The number of ether oxygens (including phenoxy) is 1. The van der Waals surface area contributed by atoms with E-state index in [4.69, 9.17) is 27.9 Å². The molecule has 2 heterocycles. The van der Waals surface area contributed by atoms with Crippen LogP contribution in [-0.4, -0.2) is 24.0 Å². The minimum atomic E-state index is 0.0334. The molecule has 0 spiro atoms. The summed E-state index contributed by atoms with van der Waals surface area (Å²) in [6.07, 6.45) is 3.83. The van der Waals surface area contributed by atoms with Crippen LogP contribution >= 0.6 is 23.2 Å². The summed E-state index contributed by atoms with van der Waals surface area (Å²) in [5, 5.41) is 0.680. The second-order valence-electron chi connectivity index (χ2n) is 4.17. The van der Waals surface area contributed by atoms with Crippen molar-refractivity contribution in [3.8, 4) is 0 Å². The van der Waals surface area contributed by atoms with Crippen LogP contribution in [0.5, 0.6) is 0 Å². The molecule has 0 aliphatic carbocycles. The SMILES string of the molecule is O=C(CC1CCOCC1)c1cnc(Cl)cc1Cl. The molecule has 92 valence electrons. The molecule has 1 aromatic rings. The van der Waals surface area contributed by atoms with Crippen molar-refractivity contribution < 1.29 is 9.53 Å². The highest BCUT2D eigenvalue weighted by atomic mass is 35.5. The Labute approximate surface area is 110 Å². The molecule has 1 saturated heterocycles. The maximum Gasteiger partial charge on any atom is 0.166 e. The molecule has 17 heavy (non-hydrogen) atoms. The third kappa shape index (κ3) is 3.41. The summed E-state index contributed by atoms with van der Waals surface area (Å²) >= 11 is 11.7. The molecule has 1 aromatic heterocycles. The lowest BCUT2D eigenvalue weighted by Crippen LogP contribution is -2.19. The van der Waals surface area contributed by atoms with Crippen molar-refractivity contribution in [2.45, 2.75) is 19.3 Å². The molecule has 0 N–H and O–H groups in total. The van der Waals surface area contributed by atoms with E-state index < -0.39 is 0 Å². The Morgan fingerprint density at radius 1 is 1.41 bits per heavy atom. The number of carbonyl (C=O) groups excluding carboxylic acids is 1. The van der Waals surface area contributed by atoms with Gasteiger partial charge in [-0.3, -0.25) is 4.79 Å². The first-order chi connectivity index (χ1) is 8.16. The fourth-order valence-electron chi connectivity index (χ4n) is 1.94. The highest BCUT2D eigenvalue weighted by Gasteiger charge is 2.20. The number of hydrogen-bond donors (Lipinski definition) is 0. The maximum atomic E-state index is 12.0. The zero-order valence-electron chi connectivity index (χ0n) is 9.29. The molecule has 0 atom stereocenters. The molecule has 3 nitrogen and oxygen atoms in total. The predicted molar refractivity (Wildman–Crippen MR) is 66.7 cm³/mol. The summed E-state index contributed by atoms with van der Waals surface area (Å²) in [7, 11) is 0. The number of Topliss-reactive ketones (excluding diaryl/α,β-unsaturated/α-hetero) is 1. The van der Waals surface area contributed by atoms with Gasteiger partial charge in [-0.15, -0.1) is 0 Å². The molecule has 1 aliphatic rings. The first-order valence-electron chi connectivity index (χ1n) is 5.59. The maximum absolute atomic E-state index is 12.0. The van der Waals surface area contributed by atoms with Gasteiger partial charge in [-0.05, 0) is 24.8 Å². The van der Waals surface area contributed by atoms with E-state index >= 15 is 0 Å². The monoisotopic (exact) mass is 273 g/mol. The van der Waals surface area contributed by atoms with E-state index in [-0.39, 0.29) is 5.78 Å². The topological polar surface area (TPSA) is 39.2 Å². The number of carbonyl (C=O) groups is 1. The Balaban J connectivity index is 2.03. The normalized spacial score (nSPS) is 17.1. The number of pyridine rings is 1. The predicted octanol–water partition coefficient (Wildman–Crippen LogP) is 3.39. The first-order valence-corrected chi connectivity index (χ1v) is 6.34. The van der Waals surface area contributed by atoms with Crippen molar-refractivity contribution in [3.63, 3.8) is 0 Å². The van der Waals surface area contributed by atoms with E-state index in [1.165, 1.54) is 12.3 Å². The summed E-state index contributed by atoms with van der Waals surface area (Å²) in [5.41, 5.74) is 0.461. The first kappa shape index (κ1) is 12.8. The van der Waals surface area contributed by atoms with Crippen LogP contribution in [0.2, 0.25) is 10.2 Å². The molecule has 2 rings (SSSR count). The summed E-state index contributed by atoms with van der Waals surface area (Å²) < 4.78 is 5.26. The van der Waals surface area contributed by atoms with Gasteiger partial charge in [0.15, 0.2) is 5.78 Å². The second-order valence-corrected chi connectivity index (χ2v) is 4.96. The van der Waals surface area contributed by atoms with Crippen LogP contribution in [0.15, 0.2) is 12.3 Å². The summed E-state index contributed by atoms with van der Waals surface area (Å²) in [6.45, 7) is 1.48. The van der Waals surface area contributed by atoms with Crippen molar-refractivity contribution in [2.75, 3.05) is 13.2 Å². The van der Waals surface area contributed by atoms with Crippen LogP contribution < -0.4 is 0 Å². The molecule has 0 unspecified atom stereocenters. The zero-order chi connectivity index (χ0) is 12.3. The van der Waals surface area contributed by atoms with Gasteiger partial charge in [-0.2, -0.15) is 0 Å². The van der Waals surface area contributed by atoms with E-state index in [0.717, 1.165) is 26.1 Å². The molecule has 1 aliphatic heterocycles. The van der Waals surface area contributed by atoms with Crippen LogP contribution in [0, 0.1) is 5.92 Å². The number of hydrogen-bond acceptors (Lipinski definition) is 3. The fourth-order valence-corrected chi connectivity index (χ4v) is 2.41. The molecule has 0 aromatic carbocycles. The van der Waals surface area contributed by atoms with Crippen molar-refractivity contribution in [1.82, 2.24) is 4.98 Å². The van der Waals surface area contributed by atoms with Crippen molar-refractivity contribution in [2.24, 2.45) is 5.92 Å². The lowest BCUT2D eigenvalue weighted by molar-refractivity contribution is 0.0601. The van der Waals surface area contributed by atoms with E-state index in [1.807, 2.05) is 0 Å². The summed E-state index contributed by atoms with van der Waals surface area (Å²) in [4.78, 5) is 15.9. The van der Waals surface area contributed by atoms with E-state index in [9.17, 15) is 4.79 Å². The second kappa shape index (κ2) is 5.80. The van der Waals surface area contributed by atoms with Gasteiger partial charge < -0.3 is 4.74 Å². The number of aromatic nitrogens is 1. The largest absolute Gasteiger partial charge is 0.381 e. The number of nitrogens with zero attached hydrogens (tertiary/aromatic N) is 1. The zero-order valence-corrected chi connectivity index (χ0v) is 10.8. The van der Waals surface area contributed by atoms with Gasteiger partial charge in [-0.25, -0.2) is 4.98 Å². The van der Waals surface area contributed by atoms with E-state index in [0.29, 0.717) is 28.1 Å². The molecular weight excluding hydrogens is 261 g/mol. The summed E-state index contributed by atoms with van der Waals surface area (Å²) in [5.74, 6) is 0.425. The molecule has 0 saturated carbocycles. The molecule has 0 amide bonds. The van der Waals surface area contributed by atoms with Crippen LogP contribution in [0.4, 0.5) is 0 Å². The smallest absolute Gasteiger partial charge is 0.166 e. The van der Waals surface area contributed by atoms with Gasteiger partial charge in [0.25, 0.3) is 0 Å². The van der Waals surface area contributed by atoms with Gasteiger partial charge in [0.1, 0.15) is 5.15 Å². The van der Waals surface area contributed by atoms with Crippen LogP contribution in [0.1, 0.15) is 29.6 Å². The van der Waals surface area contributed by atoms with Crippen LogP contribution in [0.3, 0.4) is 0 Å². The Morgan fingerprint density at radius 2 is 2.12 bits per heavy atom. The Kier molecular flexibility index (Phi) is 4.37. The number of ketones is 1. The van der Waals surface area contributed by atoms with Gasteiger partial charge in [0, 0.05) is 25.8 Å². The lowest BCUT2D eigenvalue weighted by atomic mass is 9.92. The fraction of sp³-hybridized carbons (Fsp3) is 0.500. The Bertz CT molecular complexity index is 417. The van der Waals surface area contributed by atoms with Gasteiger partial charge in [-0.1, -0.05) is 23.2 Å². The van der Waals surface area contributed by atoms with Gasteiger partial charge >= 0.3 is 0 Å². The van der Waals surface area contributed by atoms with Crippen LogP contribution in [0.25, 0.3) is 0 Å². The summed E-state index contributed by atoms with van der Waals surface area (Å²) in [6, 6.07) is 1.50. The molecule has 0 bridgehead atoms. The molecular formula is C12H13Cl2NO2. The molecule has 1 fully saturated rings. The standard InChI is InChI=1S/C12H13Cl2NO2/c13-10-6-12(14)15-7-9(10)11(16)5-8-1-3-17-4-2-8/h6-8H,1-5H2. The van der Waals surface area contributed by atoms with Crippen LogP contribution in [-0.2, 0) is 4.74 Å². The highest BCUT2D eigenvalue weighted by Crippen LogP contribution is 2.24. The highest BCUT2D eigenvalue weighted by molar-refractivity contribution is 6.36. The molecule has 5 heteroatoms. The number of rotatable bonds is 3. The van der Waals surface area contributed by atoms with Crippen molar-refractivity contribution >= 4 is 29.0 Å². The quantitative estimate of drug-likeness (QED) is 0.626. The van der Waals surface area contributed by atoms with Crippen molar-refractivity contribution in [1.29, 1.82) is 0 Å². The molecule has 0 radical (unpaired) electrons. The van der Waals surface area contributed by atoms with E-state index in [1.54, 1.807) is 0 Å². The Hall–Kier alpha value is -0.640. The third-order valence-electron chi connectivity index (χ3n) is 2.94. The van der Waals surface area contributed by atoms with Gasteiger partial charge in [0.05, 0.1) is 10.6 Å². The Morgan fingerprint density at radius 3 is 2.76 bits per heavy atom. The minimum absolute atomic E-state index is 0.0334. The average Bonchev–Trinajstić information content (AvgIpc) is 2.30. The van der Waals surface area contributed by atoms with Crippen molar-refractivity contribution in [3.05, 3.63) is 28.0 Å². The van der Waals surface area contributed by atoms with E-state index in [2.05, 4.69) is 4.98 Å². The minimum Gasteiger partial charge on any atom is -0.381 e.